The van der Waals surface area contributed by atoms with Crippen LogP contribution in [0.1, 0.15) is 44.1 Å². The van der Waals surface area contributed by atoms with E-state index in [9.17, 15) is 4.79 Å². The van der Waals surface area contributed by atoms with E-state index in [1.807, 2.05) is 0 Å². The van der Waals surface area contributed by atoms with Gasteiger partial charge in [-0.05, 0) is 18.9 Å². The topological polar surface area (TPSA) is 83.3 Å². The van der Waals surface area contributed by atoms with Crippen molar-refractivity contribution in [3.63, 3.8) is 0 Å². The third-order valence-corrected chi connectivity index (χ3v) is 3.33. The number of hydrogen-bond donors (Lipinski definition) is 3. The number of amidine groups is 1. The molecule has 1 saturated carbocycles. The van der Waals surface area contributed by atoms with Gasteiger partial charge in [0.05, 0.1) is 6.04 Å². The minimum absolute atomic E-state index is 0.121. The number of nitrogens with two attached hydrogens (primary N) is 1. The van der Waals surface area contributed by atoms with Crippen LogP contribution in [0.3, 0.4) is 0 Å². The van der Waals surface area contributed by atoms with Crippen LogP contribution in [-0.2, 0) is 0 Å². The maximum Gasteiger partial charge on any atom is 0.247 e. The van der Waals surface area contributed by atoms with Gasteiger partial charge >= 0.3 is 0 Å². The normalized spacial score (nSPS) is 18.4. The van der Waals surface area contributed by atoms with Crippen LogP contribution in [-0.4, -0.2) is 16.9 Å². The highest BCUT2D eigenvalue weighted by Gasteiger charge is 2.12. The lowest BCUT2D eigenvalue weighted by Crippen LogP contribution is -2.33. The molecule has 1 aliphatic carbocycles. The van der Waals surface area contributed by atoms with Crippen molar-refractivity contribution in [2.45, 2.75) is 44.6 Å². The maximum absolute atomic E-state index is 11.0. The second kappa shape index (κ2) is 6.35. The largest absolute Gasteiger partial charge is 0.328 e. The number of aliphatic imine (C=N–C) groups is 1. The number of aromatic amines is 1. The molecule has 0 atom stereocenters. The second-order valence-electron chi connectivity index (χ2n) is 4.71. The van der Waals surface area contributed by atoms with E-state index in [1.54, 1.807) is 12.3 Å². The van der Waals surface area contributed by atoms with E-state index in [1.165, 1.54) is 31.7 Å². The van der Waals surface area contributed by atoms with Crippen molar-refractivity contribution in [3.05, 3.63) is 34.2 Å². The number of hydrogen-bond acceptors (Lipinski definition) is 3. The number of nitrogens with one attached hydrogen (secondary N) is 2. The monoisotopic (exact) mass is 248 g/mol. The molecule has 4 N–H and O–H groups in total. The first-order valence-corrected chi connectivity index (χ1v) is 6.53. The Bertz CT molecular complexity index is 438. The van der Waals surface area contributed by atoms with E-state index < -0.39 is 0 Å². The number of H-pyrrole nitrogens is 1. The molecule has 1 aromatic heterocycles. The van der Waals surface area contributed by atoms with Gasteiger partial charge in [-0.1, -0.05) is 25.7 Å². The van der Waals surface area contributed by atoms with Gasteiger partial charge in [0.2, 0.25) is 5.56 Å². The summed E-state index contributed by atoms with van der Waals surface area (Å²) in [6, 6.07) is 3.55. The summed E-state index contributed by atoms with van der Waals surface area (Å²) in [6.07, 6.45) is 8.95. The minimum Gasteiger partial charge on any atom is -0.328 e. The molecule has 0 unspecified atom stereocenters. The van der Waals surface area contributed by atoms with Crippen molar-refractivity contribution in [3.8, 4) is 0 Å². The summed E-state index contributed by atoms with van der Waals surface area (Å²) in [5.41, 5.74) is 3.33. The molecule has 0 aromatic carbocycles. The van der Waals surface area contributed by atoms with Crippen LogP contribution < -0.4 is 16.8 Å². The highest BCUT2D eigenvalue weighted by Crippen LogP contribution is 2.20. The average Bonchev–Trinajstić information content (AvgIpc) is 2.66. The number of rotatable bonds is 2. The molecule has 98 valence electrons. The van der Waals surface area contributed by atoms with Crippen LogP contribution >= 0.6 is 0 Å². The van der Waals surface area contributed by atoms with Gasteiger partial charge in [-0.25, -0.2) is 5.84 Å². The zero-order valence-corrected chi connectivity index (χ0v) is 10.5. The van der Waals surface area contributed by atoms with E-state index in [4.69, 9.17) is 5.84 Å². The molecule has 5 heteroatoms. The number of aromatic nitrogens is 1. The molecule has 18 heavy (non-hydrogen) atoms. The van der Waals surface area contributed by atoms with E-state index in [2.05, 4.69) is 15.4 Å². The standard InChI is InChI=1S/C13H20N4O/c14-17-13(10-7-8-12(18)15-9-10)16-11-5-3-1-2-4-6-11/h7-9,11H,1-6,14H2,(H,15,18)(H,16,17). The van der Waals surface area contributed by atoms with Crippen LogP contribution in [0.5, 0.6) is 0 Å². The molecule has 1 aromatic rings. The zero-order valence-electron chi connectivity index (χ0n) is 10.5. The molecule has 0 spiro atoms. The van der Waals surface area contributed by atoms with Gasteiger partial charge in [-0.2, -0.15) is 0 Å². The van der Waals surface area contributed by atoms with Crippen LogP contribution in [0.4, 0.5) is 0 Å². The lowest BCUT2D eigenvalue weighted by atomic mass is 10.1. The average molecular weight is 248 g/mol. The first-order chi connectivity index (χ1) is 8.79. The molecule has 1 aliphatic rings. The Labute approximate surface area is 106 Å². The molecular formula is C13H20N4O. The predicted molar refractivity (Wildman–Crippen MR) is 72.4 cm³/mol. The van der Waals surface area contributed by atoms with Crippen LogP contribution in [0.15, 0.2) is 28.1 Å². The number of hydrazine groups is 1. The highest BCUT2D eigenvalue weighted by atomic mass is 16.1. The zero-order chi connectivity index (χ0) is 12.8. The van der Waals surface area contributed by atoms with Crippen LogP contribution in [0.25, 0.3) is 0 Å². The first-order valence-electron chi connectivity index (χ1n) is 6.53. The summed E-state index contributed by atoms with van der Waals surface area (Å²) < 4.78 is 0. The second-order valence-corrected chi connectivity index (χ2v) is 4.71. The molecule has 5 nitrogen and oxygen atoms in total. The van der Waals surface area contributed by atoms with E-state index >= 15 is 0 Å². The van der Waals surface area contributed by atoms with Crippen molar-refractivity contribution >= 4 is 5.84 Å². The predicted octanol–water partition coefficient (Wildman–Crippen LogP) is 1.31. The lowest BCUT2D eigenvalue weighted by molar-refractivity contribution is 0.583. The van der Waals surface area contributed by atoms with Gasteiger partial charge in [0, 0.05) is 17.8 Å². The van der Waals surface area contributed by atoms with E-state index in [-0.39, 0.29) is 5.56 Å². The minimum atomic E-state index is -0.121. The van der Waals surface area contributed by atoms with Gasteiger partial charge in [0.15, 0.2) is 0 Å². The van der Waals surface area contributed by atoms with Crippen LogP contribution in [0, 0.1) is 0 Å². The maximum atomic E-state index is 11.0. The van der Waals surface area contributed by atoms with Crippen molar-refractivity contribution in [1.82, 2.24) is 10.4 Å². The van der Waals surface area contributed by atoms with Crippen molar-refractivity contribution in [2.75, 3.05) is 0 Å². The van der Waals surface area contributed by atoms with Gasteiger partial charge in [-0.3, -0.25) is 9.79 Å². The molecule has 0 bridgehead atoms. The third-order valence-electron chi connectivity index (χ3n) is 3.33. The quantitative estimate of drug-likeness (QED) is 0.242. The first kappa shape index (κ1) is 12.8. The molecule has 1 heterocycles. The van der Waals surface area contributed by atoms with E-state index in [0.29, 0.717) is 11.9 Å². The lowest BCUT2D eigenvalue weighted by Gasteiger charge is -2.12. The number of pyridine rings is 1. The fourth-order valence-corrected chi connectivity index (χ4v) is 2.32. The smallest absolute Gasteiger partial charge is 0.247 e. The van der Waals surface area contributed by atoms with Gasteiger partial charge in [0.25, 0.3) is 0 Å². The number of nitrogens with zero attached hydrogens (tertiary/aromatic N) is 1. The summed E-state index contributed by atoms with van der Waals surface area (Å²) in [4.78, 5) is 18.3. The molecule has 1 fully saturated rings. The Balaban J connectivity index is 2.15. The Hall–Kier alpha value is -1.62. The van der Waals surface area contributed by atoms with Crippen molar-refractivity contribution in [2.24, 2.45) is 10.8 Å². The van der Waals surface area contributed by atoms with Gasteiger partial charge in [0.1, 0.15) is 5.84 Å². The summed E-state index contributed by atoms with van der Waals surface area (Å²) in [5, 5.41) is 0. The van der Waals surface area contributed by atoms with Crippen molar-refractivity contribution < 1.29 is 0 Å². The fraction of sp³-hybridized carbons (Fsp3) is 0.538. The molecule has 0 radical (unpaired) electrons. The Morgan fingerprint density at radius 1 is 1.28 bits per heavy atom. The van der Waals surface area contributed by atoms with E-state index in [0.717, 1.165) is 18.4 Å². The Kier molecular flexibility index (Phi) is 4.52. The Morgan fingerprint density at radius 3 is 2.56 bits per heavy atom. The van der Waals surface area contributed by atoms with Gasteiger partial charge < -0.3 is 10.4 Å². The summed E-state index contributed by atoms with van der Waals surface area (Å²) in [6.45, 7) is 0. The summed E-state index contributed by atoms with van der Waals surface area (Å²) in [7, 11) is 0. The fourth-order valence-electron chi connectivity index (χ4n) is 2.32. The summed E-state index contributed by atoms with van der Waals surface area (Å²) >= 11 is 0. The van der Waals surface area contributed by atoms with Crippen LogP contribution in [0.2, 0.25) is 0 Å². The highest BCUT2D eigenvalue weighted by molar-refractivity contribution is 5.98. The van der Waals surface area contributed by atoms with Crippen molar-refractivity contribution in [1.29, 1.82) is 0 Å². The SMILES string of the molecule is NNC(=NC1CCCCCC1)c1ccc(=O)[nH]c1. The Morgan fingerprint density at radius 2 is 2.00 bits per heavy atom. The molecule has 0 saturated heterocycles. The molecule has 2 rings (SSSR count). The molecular weight excluding hydrogens is 228 g/mol. The molecule has 0 amide bonds. The molecule has 0 aliphatic heterocycles. The third kappa shape index (κ3) is 3.43. The van der Waals surface area contributed by atoms with Gasteiger partial charge in [-0.15, -0.1) is 0 Å². The summed E-state index contributed by atoms with van der Waals surface area (Å²) in [5.74, 6) is 6.18.